The van der Waals surface area contributed by atoms with E-state index >= 15 is 0 Å². The number of aromatic hydroxyl groups is 1. The molecule has 11 heteroatoms. The second-order valence-electron chi connectivity index (χ2n) is 5.25. The molecule has 0 bridgehead atoms. The molecule has 0 spiro atoms. The van der Waals surface area contributed by atoms with E-state index in [4.69, 9.17) is 9.84 Å². The average molecular weight is 424 g/mol. The Kier molecular flexibility index (Phi) is 4.91. The molecule has 0 radical (unpaired) electrons. The number of nitrogens with one attached hydrogen (secondary N) is 1. The molecule has 0 fully saturated rings. The lowest BCUT2D eigenvalue weighted by Gasteiger charge is -2.11. The number of halogens is 1. The summed E-state index contributed by atoms with van der Waals surface area (Å²) in [5.41, 5.74) is 1.95. The summed E-state index contributed by atoms with van der Waals surface area (Å²) in [6.07, 6.45) is -1.35. The number of hydrogen-bond acceptors (Lipinski definition) is 7. The normalized spacial score (nSPS) is 10.9. The fourth-order valence-corrected chi connectivity index (χ4v) is 2.94. The number of aliphatic hydroxyl groups is 1. The number of anilines is 1. The minimum Gasteiger partial charge on any atom is -0.496 e. The molecule has 26 heavy (non-hydrogen) atoms. The van der Waals surface area contributed by atoms with Crippen molar-refractivity contribution in [3.05, 3.63) is 33.9 Å². The quantitative estimate of drug-likeness (QED) is 0.487. The summed E-state index contributed by atoms with van der Waals surface area (Å²) in [6.45, 7) is 0.125. The van der Waals surface area contributed by atoms with Gasteiger partial charge in [-0.2, -0.15) is 10.1 Å². The molecule has 0 saturated heterocycles. The van der Waals surface area contributed by atoms with Crippen molar-refractivity contribution in [1.82, 2.24) is 19.7 Å². The van der Waals surface area contributed by atoms with Gasteiger partial charge in [-0.25, -0.2) is 9.78 Å². The molecule has 0 unspecified atom stereocenters. The Balaban J connectivity index is 2.05. The number of aliphatic hydroxyl groups excluding tert-OH is 1. The summed E-state index contributed by atoms with van der Waals surface area (Å²) in [6, 6.07) is 5.25. The van der Waals surface area contributed by atoms with Crippen molar-refractivity contribution in [3.8, 4) is 11.6 Å². The summed E-state index contributed by atoms with van der Waals surface area (Å²) in [5, 5.41) is 34.5. The molecular formula is C15H14BrN5O5. The van der Waals surface area contributed by atoms with Gasteiger partial charge in [0.2, 0.25) is 11.8 Å². The molecule has 2 aromatic heterocycles. The molecule has 0 aliphatic heterocycles. The molecule has 4 N–H and O–H groups in total. The number of hydrogen-bond donors (Lipinski definition) is 4. The van der Waals surface area contributed by atoms with Crippen LogP contribution >= 0.6 is 15.9 Å². The summed E-state index contributed by atoms with van der Waals surface area (Å²) >= 11 is 3.25. The van der Waals surface area contributed by atoms with Gasteiger partial charge in [0.15, 0.2) is 10.1 Å². The van der Waals surface area contributed by atoms with Gasteiger partial charge in [-0.3, -0.25) is 10.00 Å². The van der Waals surface area contributed by atoms with Crippen LogP contribution in [0.3, 0.4) is 0 Å². The van der Waals surface area contributed by atoms with Crippen LogP contribution in [0.1, 0.15) is 11.1 Å². The third-order valence-corrected chi connectivity index (χ3v) is 4.13. The van der Waals surface area contributed by atoms with E-state index in [0.717, 1.165) is 5.56 Å². The third kappa shape index (κ3) is 3.39. The first-order valence-electron chi connectivity index (χ1n) is 7.32. The van der Waals surface area contributed by atoms with E-state index in [-0.39, 0.29) is 30.1 Å². The maximum absolute atomic E-state index is 10.7. The van der Waals surface area contributed by atoms with Crippen molar-refractivity contribution >= 4 is 39.0 Å². The van der Waals surface area contributed by atoms with Gasteiger partial charge in [-0.05, 0) is 27.6 Å². The van der Waals surface area contributed by atoms with Gasteiger partial charge in [0.1, 0.15) is 11.3 Å². The van der Waals surface area contributed by atoms with Gasteiger partial charge in [-0.1, -0.05) is 12.1 Å². The number of carbonyl (C=O) groups is 1. The zero-order chi connectivity index (χ0) is 18.8. The Morgan fingerprint density at radius 3 is 2.81 bits per heavy atom. The van der Waals surface area contributed by atoms with Crippen molar-refractivity contribution in [3.63, 3.8) is 0 Å². The van der Waals surface area contributed by atoms with Crippen molar-refractivity contribution in [2.24, 2.45) is 0 Å². The molecule has 1 aromatic carbocycles. The molecular weight excluding hydrogens is 410 g/mol. The highest BCUT2D eigenvalue weighted by Crippen LogP contribution is 2.30. The predicted octanol–water partition coefficient (Wildman–Crippen LogP) is 1.93. The van der Waals surface area contributed by atoms with Crippen LogP contribution in [-0.4, -0.2) is 48.3 Å². The zero-order valence-corrected chi connectivity index (χ0v) is 15.1. The average Bonchev–Trinajstić information content (AvgIpc) is 2.90. The first-order valence-corrected chi connectivity index (χ1v) is 8.11. The summed E-state index contributed by atoms with van der Waals surface area (Å²) < 4.78 is 7.13. The van der Waals surface area contributed by atoms with E-state index in [9.17, 15) is 15.0 Å². The molecule has 2 heterocycles. The largest absolute Gasteiger partial charge is 0.496 e. The number of amides is 1. The number of rotatable bonds is 5. The van der Waals surface area contributed by atoms with Gasteiger partial charge in [0.05, 0.1) is 20.3 Å². The summed E-state index contributed by atoms with van der Waals surface area (Å²) in [5.74, 6) is -0.114. The lowest BCUT2D eigenvalue weighted by molar-refractivity contribution is 0.209. The van der Waals surface area contributed by atoms with Crippen LogP contribution in [0, 0.1) is 0 Å². The Bertz CT molecular complexity index is 990. The van der Waals surface area contributed by atoms with Crippen LogP contribution in [0.4, 0.5) is 10.7 Å². The van der Waals surface area contributed by atoms with Gasteiger partial charge in [0.25, 0.3) is 0 Å². The lowest BCUT2D eigenvalue weighted by Crippen LogP contribution is -2.11. The Hall–Kier alpha value is -2.92. The Morgan fingerprint density at radius 1 is 1.38 bits per heavy atom. The number of aromatic nitrogens is 4. The molecule has 0 saturated carbocycles. The fourth-order valence-electron chi connectivity index (χ4n) is 2.47. The summed E-state index contributed by atoms with van der Waals surface area (Å²) in [4.78, 5) is 18.5. The minimum absolute atomic E-state index is 0.110. The second kappa shape index (κ2) is 7.14. The monoisotopic (exact) mass is 423 g/mol. The lowest BCUT2D eigenvalue weighted by atomic mass is 10.1. The van der Waals surface area contributed by atoms with Gasteiger partial charge >= 0.3 is 6.09 Å². The van der Waals surface area contributed by atoms with Crippen LogP contribution in [0.25, 0.3) is 11.0 Å². The van der Waals surface area contributed by atoms with Crippen molar-refractivity contribution in [2.45, 2.75) is 13.2 Å². The number of methoxy groups -OCH3 is 1. The molecule has 136 valence electrons. The number of ether oxygens (including phenoxy) is 1. The number of fused-ring (bicyclic) bond motifs is 1. The van der Waals surface area contributed by atoms with E-state index in [0.29, 0.717) is 15.9 Å². The van der Waals surface area contributed by atoms with E-state index in [1.807, 2.05) is 5.32 Å². The molecule has 1 amide bonds. The SMILES string of the molecule is COc1cc(CO)ccc1Cn1nc(Br)c2nc(NC(=O)O)nc(O)c21. The maximum atomic E-state index is 10.7. The topological polar surface area (TPSA) is 143 Å². The van der Waals surface area contributed by atoms with E-state index < -0.39 is 12.0 Å². The zero-order valence-electron chi connectivity index (χ0n) is 13.5. The maximum Gasteiger partial charge on any atom is 0.411 e. The Labute approximate surface area is 155 Å². The van der Waals surface area contributed by atoms with Crippen LogP contribution in [0.2, 0.25) is 0 Å². The fraction of sp³-hybridized carbons (Fsp3) is 0.200. The second-order valence-corrected chi connectivity index (χ2v) is 6.00. The standard InChI is InChI=1S/C15H14BrN5O5/c1-26-9-4-7(6-22)2-3-8(9)5-21-11-10(12(16)20-21)17-14(18-13(11)23)19-15(24)25/h2-4,22H,5-6H2,1H3,(H,24,25)(H2,17,18,19,23). The summed E-state index contributed by atoms with van der Waals surface area (Å²) in [7, 11) is 1.52. The first-order chi connectivity index (χ1) is 12.4. The van der Waals surface area contributed by atoms with E-state index in [1.54, 1.807) is 18.2 Å². The number of benzene rings is 1. The first kappa shape index (κ1) is 17.9. The number of nitrogens with zero attached hydrogens (tertiary/aromatic N) is 4. The highest BCUT2D eigenvalue weighted by Gasteiger charge is 2.19. The highest BCUT2D eigenvalue weighted by atomic mass is 79.9. The van der Waals surface area contributed by atoms with Crippen molar-refractivity contribution in [1.29, 1.82) is 0 Å². The molecule has 0 aliphatic rings. The van der Waals surface area contributed by atoms with E-state index in [1.165, 1.54) is 11.8 Å². The Morgan fingerprint density at radius 2 is 2.15 bits per heavy atom. The van der Waals surface area contributed by atoms with Gasteiger partial charge < -0.3 is 20.1 Å². The number of carboxylic acid groups (broad SMARTS) is 1. The van der Waals surface area contributed by atoms with Gasteiger partial charge in [-0.15, -0.1) is 0 Å². The molecule has 3 aromatic rings. The molecule has 0 atom stereocenters. The molecule has 10 nitrogen and oxygen atoms in total. The van der Waals surface area contributed by atoms with Crippen LogP contribution in [0.15, 0.2) is 22.8 Å². The van der Waals surface area contributed by atoms with Crippen molar-refractivity contribution < 1.29 is 24.9 Å². The molecule has 3 rings (SSSR count). The van der Waals surface area contributed by atoms with Crippen molar-refractivity contribution in [2.75, 3.05) is 12.4 Å². The van der Waals surface area contributed by atoms with Crippen LogP contribution in [0.5, 0.6) is 11.6 Å². The highest BCUT2D eigenvalue weighted by molar-refractivity contribution is 9.10. The van der Waals surface area contributed by atoms with E-state index in [2.05, 4.69) is 31.0 Å². The van der Waals surface area contributed by atoms with Crippen LogP contribution < -0.4 is 10.1 Å². The smallest absolute Gasteiger partial charge is 0.411 e. The van der Waals surface area contributed by atoms with Crippen LogP contribution in [-0.2, 0) is 13.2 Å². The minimum atomic E-state index is -1.35. The third-order valence-electron chi connectivity index (χ3n) is 3.60. The predicted molar refractivity (Wildman–Crippen MR) is 94.4 cm³/mol. The van der Waals surface area contributed by atoms with Gasteiger partial charge in [0, 0.05) is 5.56 Å². The molecule has 0 aliphatic carbocycles.